The second-order valence-electron chi connectivity index (χ2n) is 5.47. The minimum absolute atomic E-state index is 0.118. The van der Waals surface area contributed by atoms with Crippen molar-refractivity contribution in [2.45, 2.75) is 6.54 Å². The molecule has 0 unspecified atom stereocenters. The van der Waals surface area contributed by atoms with Crippen LogP contribution < -0.4 is 4.72 Å². The normalized spacial score (nSPS) is 11.6. The first kappa shape index (κ1) is 16.2. The van der Waals surface area contributed by atoms with Crippen LogP contribution in [0.2, 0.25) is 0 Å². The minimum atomic E-state index is -3.69. The van der Waals surface area contributed by atoms with Crippen molar-refractivity contribution < 1.29 is 17.6 Å². The maximum absolute atomic E-state index is 14.0. The molecule has 2 aromatic carbocycles. The fourth-order valence-corrected chi connectivity index (χ4v) is 3.03. The van der Waals surface area contributed by atoms with Gasteiger partial charge in [-0.3, -0.25) is 4.79 Å². The van der Waals surface area contributed by atoms with E-state index in [-0.39, 0.29) is 18.1 Å². The van der Waals surface area contributed by atoms with Crippen LogP contribution in [0.5, 0.6) is 0 Å². The van der Waals surface area contributed by atoms with Crippen molar-refractivity contribution in [3.05, 3.63) is 71.7 Å². The third-order valence-electron chi connectivity index (χ3n) is 3.61. The van der Waals surface area contributed by atoms with Gasteiger partial charge in [-0.2, -0.15) is 0 Å². The van der Waals surface area contributed by atoms with Crippen molar-refractivity contribution in [1.82, 2.24) is 9.29 Å². The van der Waals surface area contributed by atoms with E-state index in [4.69, 9.17) is 0 Å². The quantitative estimate of drug-likeness (QED) is 0.789. The van der Waals surface area contributed by atoms with Crippen LogP contribution in [0.4, 0.5) is 4.39 Å². The molecular weight excluding hydrogens is 331 g/mol. The van der Waals surface area contributed by atoms with Gasteiger partial charge in [0.15, 0.2) is 0 Å². The molecule has 0 radical (unpaired) electrons. The lowest BCUT2D eigenvalue weighted by atomic mass is 10.2. The summed E-state index contributed by atoms with van der Waals surface area (Å²) in [5.41, 5.74) is 1.29. The van der Waals surface area contributed by atoms with E-state index in [1.54, 1.807) is 41.0 Å². The Morgan fingerprint density at radius 2 is 1.79 bits per heavy atom. The Morgan fingerprint density at radius 3 is 2.50 bits per heavy atom. The van der Waals surface area contributed by atoms with Crippen LogP contribution in [0, 0.1) is 5.82 Å². The Balaban J connectivity index is 2.12. The summed E-state index contributed by atoms with van der Waals surface area (Å²) in [4.78, 5) is 12.3. The van der Waals surface area contributed by atoms with Gasteiger partial charge in [0, 0.05) is 16.5 Å². The van der Waals surface area contributed by atoms with Gasteiger partial charge < -0.3 is 4.57 Å². The number of carbonyl (C=O) groups excluding carboxylic acids is 1. The molecule has 1 aromatic heterocycles. The maximum Gasteiger partial charge on any atom is 0.281 e. The van der Waals surface area contributed by atoms with Gasteiger partial charge in [-0.05, 0) is 18.2 Å². The summed E-state index contributed by atoms with van der Waals surface area (Å²) in [7, 11) is -3.69. The van der Waals surface area contributed by atoms with Gasteiger partial charge in [0.2, 0.25) is 10.0 Å². The number of benzene rings is 2. The topological polar surface area (TPSA) is 68.2 Å². The molecule has 7 heteroatoms. The van der Waals surface area contributed by atoms with Crippen LogP contribution >= 0.6 is 0 Å². The zero-order valence-electron chi connectivity index (χ0n) is 12.9. The fourth-order valence-electron chi connectivity index (χ4n) is 2.59. The first-order valence-corrected chi connectivity index (χ1v) is 9.08. The van der Waals surface area contributed by atoms with E-state index in [9.17, 15) is 17.6 Å². The second kappa shape index (κ2) is 6.09. The lowest BCUT2D eigenvalue weighted by Gasteiger charge is -2.11. The molecule has 1 amide bonds. The average Bonchev–Trinajstić information content (AvgIpc) is 2.87. The molecule has 0 saturated heterocycles. The number of hydrogen-bond acceptors (Lipinski definition) is 3. The highest BCUT2D eigenvalue weighted by Gasteiger charge is 2.19. The summed E-state index contributed by atoms with van der Waals surface area (Å²) in [6.07, 6.45) is 0.911. The van der Waals surface area contributed by atoms with Crippen LogP contribution in [-0.2, 0) is 16.6 Å². The molecule has 1 N–H and O–H groups in total. The second-order valence-corrected chi connectivity index (χ2v) is 7.22. The van der Waals surface area contributed by atoms with Gasteiger partial charge in [-0.15, -0.1) is 0 Å². The molecule has 0 aliphatic rings. The predicted molar refractivity (Wildman–Crippen MR) is 89.8 cm³/mol. The van der Waals surface area contributed by atoms with E-state index in [2.05, 4.69) is 0 Å². The van der Waals surface area contributed by atoms with E-state index in [1.807, 2.05) is 16.9 Å². The summed E-state index contributed by atoms with van der Waals surface area (Å²) in [6.45, 7) is 0.118. The standard InChI is InChI=1S/C17H15FN2O3S/c1-24(22,23)19-17(21)16-10-12-6-3-5-9-15(12)20(16)11-13-7-2-4-8-14(13)18/h2-10H,11H2,1H3,(H,19,21). The Hall–Kier alpha value is -2.67. The number of nitrogens with one attached hydrogen (secondary N) is 1. The van der Waals surface area contributed by atoms with Gasteiger partial charge in [0.1, 0.15) is 11.5 Å². The van der Waals surface area contributed by atoms with Gasteiger partial charge in [0.25, 0.3) is 5.91 Å². The molecule has 5 nitrogen and oxygen atoms in total. The molecule has 0 aliphatic heterocycles. The third kappa shape index (κ3) is 3.30. The summed E-state index contributed by atoms with van der Waals surface area (Å²) in [6, 6.07) is 15.1. The number of halogens is 1. The molecule has 0 bridgehead atoms. The lowest BCUT2D eigenvalue weighted by molar-refractivity contribution is 0.0973. The number of amides is 1. The summed E-state index contributed by atoms with van der Waals surface area (Å²) in [5, 5.41) is 0.771. The highest BCUT2D eigenvalue weighted by atomic mass is 32.2. The van der Waals surface area contributed by atoms with E-state index in [1.165, 1.54) is 6.07 Å². The molecular formula is C17H15FN2O3S. The molecule has 1 heterocycles. The SMILES string of the molecule is CS(=O)(=O)NC(=O)c1cc2ccccc2n1Cc1ccccc1F. The molecule has 24 heavy (non-hydrogen) atoms. The number of hydrogen-bond donors (Lipinski definition) is 1. The Labute approximate surface area is 138 Å². The van der Waals surface area contributed by atoms with Crippen LogP contribution in [0.3, 0.4) is 0 Å². The highest BCUT2D eigenvalue weighted by molar-refractivity contribution is 7.89. The van der Waals surface area contributed by atoms with Crippen molar-refractivity contribution in [3.8, 4) is 0 Å². The van der Waals surface area contributed by atoms with Gasteiger partial charge in [-0.25, -0.2) is 17.5 Å². The molecule has 0 saturated carbocycles. The van der Waals surface area contributed by atoms with Crippen LogP contribution in [0.25, 0.3) is 10.9 Å². The number of sulfonamides is 1. The molecule has 0 fully saturated rings. The number of rotatable bonds is 4. The van der Waals surface area contributed by atoms with E-state index in [0.29, 0.717) is 5.56 Å². The summed E-state index contributed by atoms with van der Waals surface area (Å²) < 4.78 is 40.2. The monoisotopic (exact) mass is 346 g/mol. The summed E-state index contributed by atoms with van der Waals surface area (Å²) in [5.74, 6) is -1.13. The Kier molecular flexibility index (Phi) is 4.11. The molecule has 124 valence electrons. The number of aromatic nitrogens is 1. The van der Waals surface area contributed by atoms with Crippen molar-refractivity contribution >= 4 is 26.8 Å². The van der Waals surface area contributed by atoms with Crippen LogP contribution in [0.1, 0.15) is 16.1 Å². The first-order valence-electron chi connectivity index (χ1n) is 7.19. The van der Waals surface area contributed by atoms with Crippen molar-refractivity contribution in [1.29, 1.82) is 0 Å². The van der Waals surface area contributed by atoms with Crippen molar-refractivity contribution in [3.63, 3.8) is 0 Å². The Bertz CT molecular complexity index is 1030. The lowest BCUT2D eigenvalue weighted by Crippen LogP contribution is -2.31. The third-order valence-corrected chi connectivity index (χ3v) is 4.16. The highest BCUT2D eigenvalue weighted by Crippen LogP contribution is 2.22. The van der Waals surface area contributed by atoms with E-state index >= 15 is 0 Å². The largest absolute Gasteiger partial charge is 0.332 e. The predicted octanol–water partition coefficient (Wildman–Crippen LogP) is 2.52. The van der Waals surface area contributed by atoms with Crippen LogP contribution in [-0.4, -0.2) is 25.1 Å². The number of nitrogens with zero attached hydrogens (tertiary/aromatic N) is 1. The van der Waals surface area contributed by atoms with E-state index in [0.717, 1.165) is 17.2 Å². The van der Waals surface area contributed by atoms with E-state index < -0.39 is 15.9 Å². The van der Waals surface area contributed by atoms with Crippen molar-refractivity contribution in [2.75, 3.05) is 6.26 Å². The Morgan fingerprint density at radius 1 is 1.12 bits per heavy atom. The summed E-state index contributed by atoms with van der Waals surface area (Å²) >= 11 is 0. The number of fused-ring (bicyclic) bond motifs is 1. The van der Waals surface area contributed by atoms with Crippen LogP contribution in [0.15, 0.2) is 54.6 Å². The molecule has 0 spiro atoms. The smallest absolute Gasteiger partial charge is 0.281 e. The molecule has 0 aliphatic carbocycles. The zero-order valence-corrected chi connectivity index (χ0v) is 13.7. The van der Waals surface area contributed by atoms with Gasteiger partial charge in [-0.1, -0.05) is 36.4 Å². The maximum atomic E-state index is 14.0. The molecule has 0 atom stereocenters. The minimum Gasteiger partial charge on any atom is -0.332 e. The zero-order chi connectivity index (χ0) is 17.3. The first-order chi connectivity index (χ1) is 11.3. The number of para-hydroxylation sites is 1. The average molecular weight is 346 g/mol. The van der Waals surface area contributed by atoms with Gasteiger partial charge >= 0.3 is 0 Å². The number of carbonyl (C=O) groups is 1. The van der Waals surface area contributed by atoms with Gasteiger partial charge in [0.05, 0.1) is 12.8 Å². The fraction of sp³-hybridized carbons (Fsp3) is 0.118. The molecule has 3 aromatic rings. The molecule has 3 rings (SSSR count). The van der Waals surface area contributed by atoms with Crippen molar-refractivity contribution in [2.24, 2.45) is 0 Å².